The third-order valence-electron chi connectivity index (χ3n) is 2.89. The first kappa shape index (κ1) is 8.51. The van der Waals surface area contributed by atoms with E-state index in [0.29, 0.717) is 23.0 Å². The predicted octanol–water partition coefficient (Wildman–Crippen LogP) is 0.757. The zero-order chi connectivity index (χ0) is 8.98. The Balaban J connectivity index is 1.91. The van der Waals surface area contributed by atoms with Crippen molar-refractivity contribution < 1.29 is 4.21 Å². The van der Waals surface area contributed by atoms with Crippen LogP contribution in [0.15, 0.2) is 0 Å². The molecule has 0 atom stereocenters. The lowest BCUT2D eigenvalue weighted by molar-refractivity contribution is 0.00153. The zero-order valence-electron chi connectivity index (χ0n) is 7.67. The van der Waals surface area contributed by atoms with Crippen LogP contribution in [0.1, 0.15) is 13.8 Å². The first-order valence-electron chi connectivity index (χ1n) is 4.41. The number of likely N-dealkylation sites (tertiary alicyclic amines) is 1. The number of hydrogen-bond donors (Lipinski definition) is 1. The van der Waals surface area contributed by atoms with Crippen molar-refractivity contribution in [2.45, 2.75) is 19.9 Å². The third kappa shape index (κ3) is 1.17. The molecule has 0 radical (unpaired) electrons. The normalized spacial score (nSPS) is 31.6. The van der Waals surface area contributed by atoms with Gasteiger partial charge in [-0.25, -0.2) is 4.21 Å². The highest BCUT2D eigenvalue weighted by Crippen LogP contribution is 2.42. The van der Waals surface area contributed by atoms with Gasteiger partial charge in [0.1, 0.15) is 0 Å². The molecule has 2 aliphatic rings. The lowest BCUT2D eigenvalue weighted by Crippen LogP contribution is -2.69. The van der Waals surface area contributed by atoms with E-state index in [0.717, 1.165) is 13.1 Å². The molecule has 2 fully saturated rings. The van der Waals surface area contributed by atoms with Crippen LogP contribution in [0, 0.1) is 10.2 Å². The van der Waals surface area contributed by atoms with E-state index in [1.54, 1.807) is 0 Å². The van der Waals surface area contributed by atoms with Crippen LogP contribution in [-0.2, 0) is 9.73 Å². The van der Waals surface area contributed by atoms with E-state index in [-0.39, 0.29) is 0 Å². The van der Waals surface area contributed by atoms with Gasteiger partial charge in [0.2, 0.25) is 0 Å². The number of nitrogens with one attached hydrogen (secondary N) is 1. The molecule has 0 saturated carbocycles. The molecule has 70 valence electrons. The van der Waals surface area contributed by atoms with E-state index in [2.05, 4.69) is 18.7 Å². The molecule has 0 amide bonds. The molecule has 1 N–H and O–H groups in total. The van der Waals surface area contributed by atoms with Gasteiger partial charge in [0.25, 0.3) is 0 Å². The fourth-order valence-corrected chi connectivity index (χ4v) is 4.57. The van der Waals surface area contributed by atoms with E-state index in [4.69, 9.17) is 4.78 Å². The maximum absolute atomic E-state index is 11.2. The summed E-state index contributed by atoms with van der Waals surface area (Å²) >= 11 is 0. The molecule has 0 aromatic carbocycles. The van der Waals surface area contributed by atoms with Gasteiger partial charge in [0.15, 0.2) is 0 Å². The quantitative estimate of drug-likeness (QED) is 0.660. The van der Waals surface area contributed by atoms with Crippen molar-refractivity contribution in [3.63, 3.8) is 0 Å². The van der Waals surface area contributed by atoms with Gasteiger partial charge in [-0.05, 0) is 13.8 Å². The summed E-state index contributed by atoms with van der Waals surface area (Å²) in [5.41, 5.74) is 0.295. The summed E-state index contributed by atoms with van der Waals surface area (Å²) < 4.78 is 18.5. The van der Waals surface area contributed by atoms with Gasteiger partial charge in [-0.2, -0.15) is 0 Å². The molecule has 0 aromatic rings. The highest BCUT2D eigenvalue weighted by Gasteiger charge is 2.54. The molecule has 0 aliphatic carbocycles. The van der Waals surface area contributed by atoms with Crippen LogP contribution in [0.3, 0.4) is 0 Å². The fourth-order valence-electron chi connectivity index (χ4n) is 2.31. The van der Waals surface area contributed by atoms with E-state index >= 15 is 0 Å². The van der Waals surface area contributed by atoms with E-state index < -0.39 is 9.73 Å². The molecule has 4 heteroatoms. The van der Waals surface area contributed by atoms with E-state index in [1.807, 2.05) is 0 Å². The van der Waals surface area contributed by atoms with Crippen molar-refractivity contribution in [3.05, 3.63) is 0 Å². The molecule has 0 aromatic heterocycles. The van der Waals surface area contributed by atoms with Gasteiger partial charge >= 0.3 is 0 Å². The van der Waals surface area contributed by atoms with Crippen LogP contribution in [0.25, 0.3) is 0 Å². The third-order valence-corrected chi connectivity index (χ3v) is 5.04. The van der Waals surface area contributed by atoms with Crippen LogP contribution >= 0.6 is 0 Å². The minimum Gasteiger partial charge on any atom is -0.300 e. The van der Waals surface area contributed by atoms with Crippen molar-refractivity contribution >= 4 is 9.73 Å². The Hall–Kier alpha value is -0.0900. The van der Waals surface area contributed by atoms with Gasteiger partial charge in [-0.15, -0.1) is 0 Å². The average molecular weight is 188 g/mol. The van der Waals surface area contributed by atoms with Crippen LogP contribution in [-0.4, -0.2) is 39.7 Å². The van der Waals surface area contributed by atoms with Crippen LogP contribution in [0.4, 0.5) is 0 Å². The molecule has 0 bridgehead atoms. The van der Waals surface area contributed by atoms with Gasteiger partial charge in [0, 0.05) is 45.8 Å². The lowest BCUT2D eigenvalue weighted by Gasteiger charge is -2.57. The molecule has 2 rings (SSSR count). The minimum absolute atomic E-state index is 0.295. The average Bonchev–Trinajstić information content (AvgIpc) is 1.75. The zero-order valence-corrected chi connectivity index (χ0v) is 8.49. The SMILES string of the molecule is CC(C)N1CC2(C1)CS(=N)(=O)C2. The lowest BCUT2D eigenvalue weighted by atomic mass is 9.82. The Morgan fingerprint density at radius 3 is 2.25 bits per heavy atom. The summed E-state index contributed by atoms with van der Waals surface area (Å²) in [5, 5.41) is 0. The van der Waals surface area contributed by atoms with Gasteiger partial charge in [-0.1, -0.05) is 0 Å². The maximum Gasteiger partial charge on any atom is 0.0455 e. The van der Waals surface area contributed by atoms with Crippen molar-refractivity contribution in [2.75, 3.05) is 24.6 Å². The smallest absolute Gasteiger partial charge is 0.0455 e. The topological polar surface area (TPSA) is 44.2 Å². The Labute approximate surface area is 74.1 Å². The highest BCUT2D eigenvalue weighted by molar-refractivity contribution is 7.93. The van der Waals surface area contributed by atoms with Crippen molar-refractivity contribution in [3.8, 4) is 0 Å². The number of nitrogens with zero attached hydrogens (tertiary/aromatic N) is 1. The summed E-state index contributed by atoms with van der Waals surface area (Å²) in [6, 6.07) is 0.609. The second kappa shape index (κ2) is 2.23. The van der Waals surface area contributed by atoms with E-state index in [1.165, 1.54) is 0 Å². The van der Waals surface area contributed by atoms with Crippen LogP contribution in [0.2, 0.25) is 0 Å². The Kier molecular flexibility index (Phi) is 1.58. The monoisotopic (exact) mass is 188 g/mol. The molecular formula is C8H16N2OS. The fraction of sp³-hybridized carbons (Fsp3) is 1.00. The second-order valence-electron chi connectivity index (χ2n) is 4.60. The van der Waals surface area contributed by atoms with Gasteiger partial charge < -0.3 is 0 Å². The Bertz CT molecular complexity index is 274. The molecular weight excluding hydrogens is 172 g/mol. The molecule has 2 heterocycles. The van der Waals surface area contributed by atoms with Crippen molar-refractivity contribution in [2.24, 2.45) is 5.41 Å². The van der Waals surface area contributed by atoms with Gasteiger partial charge in [-0.3, -0.25) is 9.68 Å². The molecule has 0 unspecified atom stereocenters. The van der Waals surface area contributed by atoms with Crippen molar-refractivity contribution in [1.82, 2.24) is 4.90 Å². The van der Waals surface area contributed by atoms with E-state index in [9.17, 15) is 4.21 Å². The Morgan fingerprint density at radius 1 is 1.42 bits per heavy atom. The minimum atomic E-state index is -2.13. The Morgan fingerprint density at radius 2 is 1.92 bits per heavy atom. The maximum atomic E-state index is 11.2. The summed E-state index contributed by atoms with van der Waals surface area (Å²) in [6.45, 7) is 6.51. The summed E-state index contributed by atoms with van der Waals surface area (Å²) in [6.07, 6.45) is 0. The summed E-state index contributed by atoms with van der Waals surface area (Å²) in [5.74, 6) is 1.31. The van der Waals surface area contributed by atoms with Crippen molar-refractivity contribution in [1.29, 1.82) is 4.78 Å². The first-order valence-corrected chi connectivity index (χ1v) is 6.30. The first-order chi connectivity index (χ1) is 5.43. The highest BCUT2D eigenvalue weighted by atomic mass is 32.2. The summed E-state index contributed by atoms with van der Waals surface area (Å²) in [4.78, 5) is 2.38. The van der Waals surface area contributed by atoms with Gasteiger partial charge in [0.05, 0.1) is 0 Å². The number of rotatable bonds is 1. The molecule has 3 nitrogen and oxygen atoms in total. The van der Waals surface area contributed by atoms with Crippen LogP contribution in [0.5, 0.6) is 0 Å². The number of hydrogen-bond acceptors (Lipinski definition) is 3. The van der Waals surface area contributed by atoms with Crippen LogP contribution < -0.4 is 0 Å². The standard InChI is InChI=1S/C8H16N2OS/c1-7(2)10-3-8(4-10)5-12(9,11)6-8/h7,9H,3-6H2,1-2H3. The summed E-state index contributed by atoms with van der Waals surface area (Å²) in [7, 11) is -2.13. The molecule has 1 spiro atoms. The predicted molar refractivity (Wildman–Crippen MR) is 49.7 cm³/mol. The second-order valence-corrected chi connectivity index (χ2v) is 6.80. The largest absolute Gasteiger partial charge is 0.300 e. The molecule has 12 heavy (non-hydrogen) atoms. The molecule has 2 saturated heterocycles. The molecule has 2 aliphatic heterocycles.